The number of aromatic nitrogens is 2. The number of piperazine rings is 1. The van der Waals surface area contributed by atoms with E-state index in [-0.39, 0.29) is 17.7 Å². The normalized spacial score (nSPS) is 14.6. The van der Waals surface area contributed by atoms with Crippen LogP contribution in [0.2, 0.25) is 5.02 Å². The Morgan fingerprint density at radius 3 is 2.42 bits per heavy atom. The van der Waals surface area contributed by atoms with Crippen LogP contribution in [0.4, 0.5) is 5.82 Å². The molecule has 2 heterocycles. The fourth-order valence-electron chi connectivity index (χ4n) is 3.85. The van der Waals surface area contributed by atoms with E-state index in [1.54, 1.807) is 7.11 Å². The monoisotopic (exact) mass is 444 g/mol. The molecule has 0 bridgehead atoms. The van der Waals surface area contributed by atoms with Crippen LogP contribution >= 0.6 is 11.6 Å². The fourth-order valence-corrected chi connectivity index (χ4v) is 4.06. The second-order valence-electron chi connectivity index (χ2n) is 8.69. The third-order valence-corrected chi connectivity index (χ3v) is 5.78. The minimum atomic E-state index is 0.0184. The van der Waals surface area contributed by atoms with Crippen LogP contribution in [0, 0.1) is 5.92 Å². The molecule has 1 saturated heterocycles. The number of nitrogens with zero attached hydrogens (tertiary/aromatic N) is 4. The van der Waals surface area contributed by atoms with E-state index in [1.807, 2.05) is 36.9 Å². The number of hydrogen-bond donors (Lipinski definition) is 0. The molecule has 168 valence electrons. The molecule has 2 aromatic rings. The number of carbonyl (C=O) groups excluding carboxylic acids is 1. The summed E-state index contributed by atoms with van der Waals surface area (Å²) >= 11 is 6.23. The van der Waals surface area contributed by atoms with Crippen molar-refractivity contribution in [2.24, 2.45) is 5.92 Å². The van der Waals surface area contributed by atoms with E-state index in [4.69, 9.17) is 26.3 Å². The summed E-state index contributed by atoms with van der Waals surface area (Å²) < 4.78 is 5.49. The van der Waals surface area contributed by atoms with Crippen LogP contribution in [0.15, 0.2) is 24.3 Å². The van der Waals surface area contributed by atoms with E-state index >= 15 is 0 Å². The molecule has 0 unspecified atom stereocenters. The van der Waals surface area contributed by atoms with Gasteiger partial charge in [0.2, 0.25) is 5.91 Å². The molecule has 1 fully saturated rings. The van der Waals surface area contributed by atoms with Crippen molar-refractivity contribution < 1.29 is 9.53 Å². The summed E-state index contributed by atoms with van der Waals surface area (Å²) in [5.41, 5.74) is 3.09. The predicted octanol–water partition coefficient (Wildman–Crippen LogP) is 4.30. The van der Waals surface area contributed by atoms with E-state index in [1.165, 1.54) is 0 Å². The van der Waals surface area contributed by atoms with Gasteiger partial charge in [-0.15, -0.1) is 0 Å². The molecule has 1 amide bonds. The minimum absolute atomic E-state index is 0.0184. The summed E-state index contributed by atoms with van der Waals surface area (Å²) in [6.07, 6.45) is 0.679. The molecular formula is C24H33ClN4O2. The highest BCUT2D eigenvalue weighted by molar-refractivity contribution is 6.30. The summed E-state index contributed by atoms with van der Waals surface area (Å²) in [7, 11) is 1.69. The van der Waals surface area contributed by atoms with Crippen molar-refractivity contribution in [1.82, 2.24) is 14.9 Å². The summed E-state index contributed by atoms with van der Waals surface area (Å²) in [6, 6.07) is 7.90. The van der Waals surface area contributed by atoms with Gasteiger partial charge in [-0.1, -0.05) is 51.4 Å². The maximum atomic E-state index is 12.4. The van der Waals surface area contributed by atoms with Gasteiger partial charge in [-0.2, -0.15) is 0 Å². The lowest BCUT2D eigenvalue weighted by Crippen LogP contribution is -2.50. The molecule has 31 heavy (non-hydrogen) atoms. The average Bonchev–Trinajstić information content (AvgIpc) is 2.74. The van der Waals surface area contributed by atoms with Crippen LogP contribution in [0.5, 0.6) is 0 Å². The summed E-state index contributed by atoms with van der Waals surface area (Å²) in [5, 5.41) is 0.716. The average molecular weight is 445 g/mol. The van der Waals surface area contributed by atoms with Gasteiger partial charge in [-0.25, -0.2) is 9.97 Å². The SMILES string of the molecule is COCc1nc(C(C)C)nc(N2CCN(C(=O)C(C)C)CC2)c1Cc1cccc(Cl)c1. The zero-order valence-corrected chi connectivity index (χ0v) is 19.9. The molecule has 0 atom stereocenters. The van der Waals surface area contributed by atoms with Crippen molar-refractivity contribution in [2.75, 3.05) is 38.2 Å². The Kier molecular flexibility index (Phi) is 7.89. The molecule has 3 rings (SSSR count). The van der Waals surface area contributed by atoms with Gasteiger partial charge >= 0.3 is 0 Å². The van der Waals surface area contributed by atoms with Crippen molar-refractivity contribution in [3.8, 4) is 0 Å². The van der Waals surface area contributed by atoms with Gasteiger partial charge in [-0.05, 0) is 17.7 Å². The first kappa shape index (κ1) is 23.5. The van der Waals surface area contributed by atoms with E-state index in [9.17, 15) is 4.79 Å². The van der Waals surface area contributed by atoms with Gasteiger partial charge in [0.05, 0.1) is 12.3 Å². The Bertz CT molecular complexity index is 908. The third kappa shape index (κ3) is 5.74. The van der Waals surface area contributed by atoms with Crippen molar-refractivity contribution >= 4 is 23.3 Å². The number of carbonyl (C=O) groups is 1. The molecule has 1 aromatic heterocycles. The number of rotatable bonds is 7. The second-order valence-corrected chi connectivity index (χ2v) is 9.13. The number of ether oxygens (including phenoxy) is 1. The first-order chi connectivity index (χ1) is 14.8. The standard InChI is InChI=1S/C24H33ClN4O2/c1-16(2)22-26-21(15-31-5)20(14-18-7-6-8-19(25)13-18)23(27-22)28-9-11-29(12-10-28)24(30)17(3)4/h6-8,13,16-17H,9-12,14-15H2,1-5H3. The highest BCUT2D eigenvalue weighted by Crippen LogP contribution is 2.28. The third-order valence-electron chi connectivity index (χ3n) is 5.54. The number of anilines is 1. The summed E-state index contributed by atoms with van der Waals surface area (Å²) in [6.45, 7) is 11.4. The van der Waals surface area contributed by atoms with Crippen LogP contribution in [-0.2, 0) is 22.6 Å². The zero-order valence-electron chi connectivity index (χ0n) is 19.2. The Morgan fingerprint density at radius 2 is 1.84 bits per heavy atom. The van der Waals surface area contributed by atoms with Gasteiger partial charge in [0.25, 0.3) is 0 Å². The van der Waals surface area contributed by atoms with E-state index in [0.29, 0.717) is 31.1 Å². The molecule has 6 nitrogen and oxygen atoms in total. The Balaban J connectivity index is 1.97. The van der Waals surface area contributed by atoms with Crippen LogP contribution in [0.25, 0.3) is 0 Å². The van der Waals surface area contributed by atoms with Crippen molar-refractivity contribution in [1.29, 1.82) is 0 Å². The van der Waals surface area contributed by atoms with E-state index in [0.717, 1.165) is 41.6 Å². The molecule has 0 N–H and O–H groups in total. The van der Waals surface area contributed by atoms with Gasteiger partial charge in [-0.3, -0.25) is 4.79 Å². The maximum absolute atomic E-state index is 12.4. The van der Waals surface area contributed by atoms with Gasteiger partial charge in [0.1, 0.15) is 11.6 Å². The molecule has 0 aliphatic carbocycles. The molecule has 0 spiro atoms. The predicted molar refractivity (Wildman–Crippen MR) is 125 cm³/mol. The Morgan fingerprint density at radius 1 is 1.13 bits per heavy atom. The lowest BCUT2D eigenvalue weighted by Gasteiger charge is -2.37. The fraction of sp³-hybridized carbons (Fsp3) is 0.542. The van der Waals surface area contributed by atoms with Crippen LogP contribution in [0.1, 0.15) is 56.3 Å². The van der Waals surface area contributed by atoms with Crippen molar-refractivity contribution in [3.05, 3.63) is 51.9 Å². The smallest absolute Gasteiger partial charge is 0.225 e. The molecule has 7 heteroatoms. The van der Waals surface area contributed by atoms with Crippen molar-refractivity contribution in [3.63, 3.8) is 0 Å². The number of hydrogen-bond acceptors (Lipinski definition) is 5. The topological polar surface area (TPSA) is 58.6 Å². The highest BCUT2D eigenvalue weighted by Gasteiger charge is 2.27. The number of benzene rings is 1. The van der Waals surface area contributed by atoms with Crippen LogP contribution < -0.4 is 4.90 Å². The van der Waals surface area contributed by atoms with Gasteiger partial charge in [0, 0.05) is 62.1 Å². The Hall–Kier alpha value is -2.18. The second kappa shape index (κ2) is 10.4. The van der Waals surface area contributed by atoms with E-state index < -0.39 is 0 Å². The molecule has 1 aliphatic rings. The summed E-state index contributed by atoms with van der Waals surface area (Å²) in [4.78, 5) is 26.5. The largest absolute Gasteiger partial charge is 0.378 e. The first-order valence-corrected chi connectivity index (χ1v) is 11.3. The van der Waals surface area contributed by atoms with Crippen LogP contribution in [-0.4, -0.2) is 54.1 Å². The Labute approximate surface area is 190 Å². The highest BCUT2D eigenvalue weighted by atomic mass is 35.5. The molecular weight excluding hydrogens is 412 g/mol. The zero-order chi connectivity index (χ0) is 22.5. The van der Waals surface area contributed by atoms with Gasteiger partial charge in [0.15, 0.2) is 0 Å². The molecule has 0 radical (unpaired) electrons. The number of amides is 1. The number of methoxy groups -OCH3 is 1. The number of halogens is 1. The lowest BCUT2D eigenvalue weighted by atomic mass is 10.0. The van der Waals surface area contributed by atoms with Crippen molar-refractivity contribution in [2.45, 2.75) is 46.6 Å². The lowest BCUT2D eigenvalue weighted by molar-refractivity contribution is -0.134. The quantitative estimate of drug-likeness (QED) is 0.637. The molecule has 1 aromatic carbocycles. The minimum Gasteiger partial charge on any atom is -0.378 e. The van der Waals surface area contributed by atoms with Gasteiger partial charge < -0.3 is 14.5 Å². The molecule has 1 aliphatic heterocycles. The maximum Gasteiger partial charge on any atom is 0.225 e. The van der Waals surface area contributed by atoms with Crippen LogP contribution in [0.3, 0.4) is 0 Å². The summed E-state index contributed by atoms with van der Waals surface area (Å²) in [5.74, 6) is 2.20. The van der Waals surface area contributed by atoms with E-state index in [2.05, 4.69) is 24.8 Å². The molecule has 0 saturated carbocycles. The first-order valence-electron chi connectivity index (χ1n) is 11.0.